The number of nitrogens with one attached hydrogen (secondary N) is 1. The summed E-state index contributed by atoms with van der Waals surface area (Å²) in [5.74, 6) is -0.377. The summed E-state index contributed by atoms with van der Waals surface area (Å²) in [5, 5.41) is 4.95. The zero-order chi connectivity index (χ0) is 14.8. The minimum Gasteiger partial charge on any atom is -0.373 e. The highest BCUT2D eigenvalue weighted by atomic mass is 79.9. The smallest absolute Gasteiger partial charge is 0.242 e. The van der Waals surface area contributed by atoms with Crippen molar-refractivity contribution in [1.29, 1.82) is 0 Å². The number of hydrogen-bond donors (Lipinski definition) is 1. The molecule has 0 saturated heterocycles. The van der Waals surface area contributed by atoms with Crippen LogP contribution in [0.3, 0.4) is 0 Å². The third kappa shape index (κ3) is 3.11. The van der Waals surface area contributed by atoms with E-state index in [2.05, 4.69) is 32.7 Å². The van der Waals surface area contributed by atoms with Gasteiger partial charge in [-0.1, -0.05) is 6.07 Å². The van der Waals surface area contributed by atoms with Crippen molar-refractivity contribution in [2.45, 2.75) is 13.0 Å². The van der Waals surface area contributed by atoms with E-state index in [4.69, 9.17) is 0 Å². The van der Waals surface area contributed by atoms with E-state index in [1.807, 2.05) is 4.90 Å². The highest BCUT2D eigenvalue weighted by molar-refractivity contribution is 9.10. The second-order valence-corrected chi connectivity index (χ2v) is 6.74. The zero-order valence-corrected chi connectivity index (χ0v) is 13.6. The largest absolute Gasteiger partial charge is 0.373 e. The number of halogens is 2. The fourth-order valence-corrected chi connectivity index (χ4v) is 3.78. The van der Waals surface area contributed by atoms with Crippen molar-refractivity contribution in [2.24, 2.45) is 0 Å². The number of nitrogens with zero attached hydrogens (tertiary/aromatic N) is 1. The molecule has 0 unspecified atom stereocenters. The van der Waals surface area contributed by atoms with Crippen molar-refractivity contribution >= 4 is 38.9 Å². The predicted molar refractivity (Wildman–Crippen MR) is 86.0 cm³/mol. The van der Waals surface area contributed by atoms with Gasteiger partial charge >= 0.3 is 0 Å². The summed E-state index contributed by atoms with van der Waals surface area (Å²) in [4.78, 5) is 15.4. The quantitative estimate of drug-likeness (QED) is 0.896. The van der Waals surface area contributed by atoms with E-state index in [1.54, 1.807) is 23.5 Å². The summed E-state index contributed by atoms with van der Waals surface area (Å²) in [5.41, 5.74) is 1.56. The van der Waals surface area contributed by atoms with Gasteiger partial charge in [0.05, 0.1) is 12.2 Å². The van der Waals surface area contributed by atoms with E-state index in [9.17, 15) is 9.18 Å². The highest BCUT2D eigenvalue weighted by Crippen LogP contribution is 2.26. The Labute approximate surface area is 134 Å². The molecule has 0 spiro atoms. The second kappa shape index (κ2) is 6.15. The van der Waals surface area contributed by atoms with Crippen molar-refractivity contribution < 1.29 is 9.18 Å². The Morgan fingerprint density at radius 2 is 2.29 bits per heavy atom. The Balaban J connectivity index is 1.63. The summed E-state index contributed by atoms with van der Waals surface area (Å²) in [6, 6.07) is 6.81. The first-order valence-electron chi connectivity index (χ1n) is 6.66. The maximum atomic E-state index is 13.7. The first-order valence-corrected chi connectivity index (χ1v) is 8.33. The maximum Gasteiger partial charge on any atom is 0.242 e. The van der Waals surface area contributed by atoms with E-state index in [0.717, 1.165) is 13.0 Å². The molecule has 0 saturated carbocycles. The number of hydrogen-bond acceptors (Lipinski definition) is 3. The van der Waals surface area contributed by atoms with Crippen LogP contribution in [0, 0.1) is 5.82 Å². The van der Waals surface area contributed by atoms with Crippen LogP contribution >= 0.6 is 27.3 Å². The number of amides is 1. The van der Waals surface area contributed by atoms with Crippen molar-refractivity contribution in [3.05, 3.63) is 50.4 Å². The molecule has 1 amide bonds. The summed E-state index contributed by atoms with van der Waals surface area (Å²) in [6.45, 7) is 1.48. The van der Waals surface area contributed by atoms with Gasteiger partial charge < -0.3 is 10.2 Å². The zero-order valence-electron chi connectivity index (χ0n) is 11.2. The van der Waals surface area contributed by atoms with Crippen LogP contribution in [0.15, 0.2) is 34.1 Å². The summed E-state index contributed by atoms with van der Waals surface area (Å²) in [7, 11) is 0. The molecule has 1 aromatic carbocycles. The van der Waals surface area contributed by atoms with Crippen LogP contribution < -0.4 is 5.32 Å². The third-order valence-electron chi connectivity index (χ3n) is 3.54. The van der Waals surface area contributed by atoms with Crippen LogP contribution in [-0.4, -0.2) is 23.9 Å². The summed E-state index contributed by atoms with van der Waals surface area (Å²) >= 11 is 5.03. The molecule has 2 heterocycles. The molecule has 1 aliphatic heterocycles. The topological polar surface area (TPSA) is 32.3 Å². The van der Waals surface area contributed by atoms with E-state index in [-0.39, 0.29) is 18.3 Å². The standard InChI is InChI=1S/C15H14BrFN2OS/c16-11-2-1-3-12(17)15(11)18-8-14(20)19-6-4-13-10(9-19)5-7-21-13/h1-3,5,7,18H,4,6,8-9H2. The SMILES string of the molecule is O=C(CNc1c(F)cccc1Br)N1CCc2sccc2C1. The monoisotopic (exact) mass is 368 g/mol. The Bertz CT molecular complexity index is 653. The van der Waals surface area contributed by atoms with Crippen molar-refractivity contribution in [1.82, 2.24) is 4.90 Å². The highest BCUT2D eigenvalue weighted by Gasteiger charge is 2.21. The number of thiophene rings is 1. The lowest BCUT2D eigenvalue weighted by Gasteiger charge is -2.27. The van der Waals surface area contributed by atoms with Crippen LogP contribution in [0.25, 0.3) is 0 Å². The van der Waals surface area contributed by atoms with Crippen LogP contribution in [0.2, 0.25) is 0 Å². The van der Waals surface area contributed by atoms with Crippen LogP contribution in [0.1, 0.15) is 10.4 Å². The molecule has 6 heteroatoms. The first kappa shape index (κ1) is 14.5. The Morgan fingerprint density at radius 1 is 1.43 bits per heavy atom. The lowest BCUT2D eigenvalue weighted by atomic mass is 10.1. The predicted octanol–water partition coefficient (Wildman–Crippen LogP) is 3.65. The van der Waals surface area contributed by atoms with Crippen molar-refractivity contribution in [3.63, 3.8) is 0 Å². The van der Waals surface area contributed by atoms with E-state index in [1.165, 1.54) is 16.5 Å². The molecule has 110 valence electrons. The molecule has 0 aliphatic carbocycles. The molecule has 1 aliphatic rings. The third-order valence-corrected chi connectivity index (χ3v) is 5.22. The van der Waals surface area contributed by atoms with Gasteiger partial charge in [-0.25, -0.2) is 4.39 Å². The van der Waals surface area contributed by atoms with Crippen molar-refractivity contribution in [2.75, 3.05) is 18.4 Å². The number of carbonyl (C=O) groups excluding carboxylic acids is 1. The van der Waals surface area contributed by atoms with Gasteiger partial charge in [0.25, 0.3) is 0 Å². The molecular formula is C15H14BrFN2OS. The number of rotatable bonds is 3. The Morgan fingerprint density at radius 3 is 3.10 bits per heavy atom. The fraction of sp³-hybridized carbons (Fsp3) is 0.267. The molecular weight excluding hydrogens is 355 g/mol. The van der Waals surface area contributed by atoms with E-state index >= 15 is 0 Å². The summed E-state index contributed by atoms with van der Waals surface area (Å²) < 4.78 is 14.3. The van der Waals surface area contributed by atoms with Gasteiger partial charge in [0, 0.05) is 22.4 Å². The maximum absolute atomic E-state index is 13.7. The van der Waals surface area contributed by atoms with Gasteiger partial charge in [-0.15, -0.1) is 11.3 Å². The summed E-state index contributed by atoms with van der Waals surface area (Å²) in [6.07, 6.45) is 0.905. The minimum absolute atomic E-state index is 0.0120. The molecule has 0 radical (unpaired) electrons. The molecule has 0 atom stereocenters. The minimum atomic E-state index is -0.365. The molecule has 1 aromatic heterocycles. The lowest BCUT2D eigenvalue weighted by Crippen LogP contribution is -2.38. The number of benzene rings is 1. The normalized spacial score (nSPS) is 13.9. The molecule has 21 heavy (non-hydrogen) atoms. The van der Waals surface area contributed by atoms with Gasteiger partial charge in [-0.2, -0.15) is 0 Å². The fourth-order valence-electron chi connectivity index (χ4n) is 2.40. The number of carbonyl (C=O) groups is 1. The van der Waals surface area contributed by atoms with Gasteiger partial charge in [-0.05, 0) is 51.5 Å². The van der Waals surface area contributed by atoms with Crippen molar-refractivity contribution in [3.8, 4) is 0 Å². The molecule has 2 aromatic rings. The molecule has 0 fully saturated rings. The molecule has 0 bridgehead atoms. The van der Waals surface area contributed by atoms with E-state index in [0.29, 0.717) is 16.7 Å². The van der Waals surface area contributed by atoms with E-state index < -0.39 is 0 Å². The van der Waals surface area contributed by atoms with Crippen LogP contribution in [0.4, 0.5) is 10.1 Å². The van der Waals surface area contributed by atoms with Crippen LogP contribution in [-0.2, 0) is 17.8 Å². The molecule has 3 nitrogen and oxygen atoms in total. The van der Waals surface area contributed by atoms with Gasteiger partial charge in [-0.3, -0.25) is 4.79 Å². The molecule has 1 N–H and O–H groups in total. The average Bonchev–Trinajstić information content (AvgIpc) is 2.93. The average molecular weight is 369 g/mol. The Hall–Kier alpha value is -1.40. The van der Waals surface area contributed by atoms with Gasteiger partial charge in [0.1, 0.15) is 5.82 Å². The first-order chi connectivity index (χ1) is 10.1. The lowest BCUT2D eigenvalue weighted by molar-refractivity contribution is -0.130. The van der Waals surface area contributed by atoms with Crippen LogP contribution in [0.5, 0.6) is 0 Å². The van der Waals surface area contributed by atoms with Gasteiger partial charge in [0.15, 0.2) is 0 Å². The number of anilines is 1. The van der Waals surface area contributed by atoms with Gasteiger partial charge in [0.2, 0.25) is 5.91 Å². The second-order valence-electron chi connectivity index (χ2n) is 4.88. The number of fused-ring (bicyclic) bond motifs is 1. The number of para-hydroxylation sites is 1. The molecule has 3 rings (SSSR count). The Kier molecular flexibility index (Phi) is 4.26.